The Labute approximate surface area is 89.8 Å². The van der Waals surface area contributed by atoms with Gasteiger partial charge in [0.25, 0.3) is 0 Å². The Morgan fingerprint density at radius 2 is 2.21 bits per heavy atom. The van der Waals surface area contributed by atoms with Gasteiger partial charge < -0.3 is 10.2 Å². The first-order valence-electron chi connectivity index (χ1n) is 5.17. The van der Waals surface area contributed by atoms with Gasteiger partial charge in [-0.05, 0) is 37.9 Å². The van der Waals surface area contributed by atoms with E-state index in [0.717, 1.165) is 25.6 Å². The minimum Gasteiger partial charge on any atom is -0.343 e. The molecule has 4 heteroatoms. The van der Waals surface area contributed by atoms with Crippen molar-refractivity contribution >= 4 is 17.8 Å². The molecule has 2 rings (SSSR count). The smallest absolute Gasteiger partial charge is 0.197 e. The minimum atomic E-state index is -0.199. The van der Waals surface area contributed by atoms with Crippen LogP contribution in [0.2, 0.25) is 0 Å². The molecule has 0 amide bonds. The van der Waals surface area contributed by atoms with E-state index in [1.165, 1.54) is 12.8 Å². The Hall–Kier alpha value is -0.540. The maximum atomic E-state index is 6.06. The summed E-state index contributed by atoms with van der Waals surface area (Å²) in [5.41, 5.74) is -0.199. The monoisotopic (exact) mass is 213 g/mol. The summed E-state index contributed by atoms with van der Waals surface area (Å²) in [6.07, 6.45) is 8.23. The third-order valence-corrected chi connectivity index (χ3v) is 3.14. The van der Waals surface area contributed by atoms with E-state index in [-0.39, 0.29) is 5.62 Å². The highest BCUT2D eigenvalue weighted by molar-refractivity contribution is 6.20. The van der Waals surface area contributed by atoms with E-state index in [1.807, 2.05) is 12.3 Å². The van der Waals surface area contributed by atoms with Crippen molar-refractivity contribution in [3.8, 4) is 0 Å². The van der Waals surface area contributed by atoms with E-state index in [4.69, 9.17) is 11.6 Å². The van der Waals surface area contributed by atoms with E-state index in [1.54, 1.807) is 6.21 Å². The summed E-state index contributed by atoms with van der Waals surface area (Å²) in [6, 6.07) is 0. The molecular formula is C10H16ClN3. The summed E-state index contributed by atoms with van der Waals surface area (Å²) in [5, 5.41) is 3.36. The zero-order valence-electron chi connectivity index (χ0n) is 8.19. The van der Waals surface area contributed by atoms with Crippen molar-refractivity contribution < 1.29 is 0 Å². The van der Waals surface area contributed by atoms with Gasteiger partial charge in [-0.2, -0.15) is 0 Å². The average molecular weight is 214 g/mol. The van der Waals surface area contributed by atoms with Crippen LogP contribution in [0.3, 0.4) is 0 Å². The molecule has 2 aliphatic heterocycles. The number of aliphatic imine (C=N–C) groups is 1. The number of piperidine rings is 1. The molecule has 0 spiro atoms. The van der Waals surface area contributed by atoms with Crippen LogP contribution in [0.4, 0.5) is 0 Å². The second-order valence-electron chi connectivity index (χ2n) is 3.84. The van der Waals surface area contributed by atoms with Crippen LogP contribution in [-0.4, -0.2) is 36.4 Å². The molecule has 0 aromatic rings. The van der Waals surface area contributed by atoms with Crippen molar-refractivity contribution in [2.75, 3.05) is 19.6 Å². The zero-order valence-corrected chi connectivity index (χ0v) is 8.95. The molecule has 14 heavy (non-hydrogen) atoms. The number of alkyl halides is 1. The van der Waals surface area contributed by atoms with Crippen LogP contribution in [0, 0.1) is 5.92 Å². The summed E-state index contributed by atoms with van der Waals surface area (Å²) in [7, 11) is 0. The fourth-order valence-corrected chi connectivity index (χ4v) is 2.15. The fourth-order valence-electron chi connectivity index (χ4n) is 1.94. The Morgan fingerprint density at radius 1 is 1.43 bits per heavy atom. The van der Waals surface area contributed by atoms with Gasteiger partial charge in [0.15, 0.2) is 5.62 Å². The summed E-state index contributed by atoms with van der Waals surface area (Å²) in [5.74, 6) is 0.760. The molecule has 1 saturated heterocycles. The lowest BCUT2D eigenvalue weighted by Crippen LogP contribution is -2.37. The number of hydrogen-bond acceptors (Lipinski definition) is 3. The Kier molecular flexibility index (Phi) is 3.43. The van der Waals surface area contributed by atoms with Crippen molar-refractivity contribution in [2.24, 2.45) is 10.9 Å². The Morgan fingerprint density at radius 3 is 2.93 bits per heavy atom. The summed E-state index contributed by atoms with van der Waals surface area (Å²) in [6.45, 7) is 3.31. The number of rotatable bonds is 2. The standard InChI is InChI=1S/C10H16ClN3/c11-10-13-4-1-7-14(10)8-9-2-5-12-6-3-9/h1,4,7,9-10,12H,2-3,5-6,8H2. The van der Waals surface area contributed by atoms with E-state index in [9.17, 15) is 0 Å². The van der Waals surface area contributed by atoms with Gasteiger partial charge in [-0.1, -0.05) is 11.6 Å². The number of nitrogens with zero attached hydrogens (tertiary/aromatic N) is 2. The number of allylic oxidation sites excluding steroid dienone is 1. The summed E-state index contributed by atoms with van der Waals surface area (Å²) < 4.78 is 0. The molecule has 1 fully saturated rings. The molecule has 2 heterocycles. The zero-order chi connectivity index (χ0) is 9.80. The largest absolute Gasteiger partial charge is 0.343 e. The van der Waals surface area contributed by atoms with Crippen molar-refractivity contribution in [1.29, 1.82) is 0 Å². The molecule has 0 bridgehead atoms. The normalized spacial score (nSPS) is 28.4. The predicted octanol–water partition coefficient (Wildman–Crippen LogP) is 1.41. The van der Waals surface area contributed by atoms with Gasteiger partial charge in [-0.3, -0.25) is 4.99 Å². The lowest BCUT2D eigenvalue weighted by molar-refractivity contribution is 0.250. The van der Waals surface area contributed by atoms with Gasteiger partial charge in [0, 0.05) is 19.0 Å². The maximum absolute atomic E-state index is 6.06. The highest BCUT2D eigenvalue weighted by atomic mass is 35.5. The van der Waals surface area contributed by atoms with Crippen LogP contribution in [-0.2, 0) is 0 Å². The van der Waals surface area contributed by atoms with Crippen LogP contribution >= 0.6 is 11.6 Å². The highest BCUT2D eigenvalue weighted by Gasteiger charge is 2.19. The lowest BCUT2D eigenvalue weighted by atomic mass is 9.98. The number of halogens is 1. The van der Waals surface area contributed by atoms with E-state index in [0.29, 0.717) is 0 Å². The molecule has 2 aliphatic rings. The third kappa shape index (κ3) is 2.49. The SMILES string of the molecule is ClC1N=CC=CN1CC1CCNCC1. The molecule has 1 atom stereocenters. The maximum Gasteiger partial charge on any atom is 0.197 e. The molecule has 0 radical (unpaired) electrons. The van der Waals surface area contributed by atoms with Gasteiger partial charge in [-0.25, -0.2) is 0 Å². The molecule has 1 N–H and O–H groups in total. The minimum absolute atomic E-state index is 0.199. The fraction of sp³-hybridized carbons (Fsp3) is 0.700. The molecule has 3 nitrogen and oxygen atoms in total. The molecule has 0 aromatic carbocycles. The van der Waals surface area contributed by atoms with Crippen LogP contribution in [0.1, 0.15) is 12.8 Å². The number of hydrogen-bond donors (Lipinski definition) is 1. The first-order chi connectivity index (χ1) is 6.86. The van der Waals surface area contributed by atoms with Gasteiger partial charge in [-0.15, -0.1) is 0 Å². The molecular weight excluding hydrogens is 198 g/mol. The Balaban J connectivity index is 1.83. The van der Waals surface area contributed by atoms with Crippen LogP contribution in [0.15, 0.2) is 17.3 Å². The predicted molar refractivity (Wildman–Crippen MR) is 59.6 cm³/mol. The van der Waals surface area contributed by atoms with Crippen molar-refractivity contribution in [1.82, 2.24) is 10.2 Å². The van der Waals surface area contributed by atoms with Crippen molar-refractivity contribution in [3.63, 3.8) is 0 Å². The number of nitrogens with one attached hydrogen (secondary N) is 1. The first kappa shape index (κ1) is 9.99. The van der Waals surface area contributed by atoms with E-state index in [2.05, 4.69) is 15.2 Å². The molecule has 78 valence electrons. The second kappa shape index (κ2) is 4.80. The van der Waals surface area contributed by atoms with Crippen molar-refractivity contribution in [2.45, 2.75) is 18.5 Å². The molecule has 1 unspecified atom stereocenters. The van der Waals surface area contributed by atoms with E-state index < -0.39 is 0 Å². The van der Waals surface area contributed by atoms with Crippen LogP contribution in [0.5, 0.6) is 0 Å². The van der Waals surface area contributed by atoms with Gasteiger partial charge in [0.2, 0.25) is 0 Å². The van der Waals surface area contributed by atoms with E-state index >= 15 is 0 Å². The molecule has 0 aromatic heterocycles. The molecule has 0 saturated carbocycles. The van der Waals surface area contributed by atoms with Gasteiger partial charge >= 0.3 is 0 Å². The quantitative estimate of drug-likeness (QED) is 0.555. The first-order valence-corrected chi connectivity index (χ1v) is 5.60. The Bertz CT molecular complexity index is 234. The summed E-state index contributed by atoms with van der Waals surface area (Å²) >= 11 is 6.06. The van der Waals surface area contributed by atoms with Crippen LogP contribution < -0.4 is 5.32 Å². The summed E-state index contributed by atoms with van der Waals surface area (Å²) in [4.78, 5) is 6.25. The van der Waals surface area contributed by atoms with Gasteiger partial charge in [0.1, 0.15) is 0 Å². The molecule has 0 aliphatic carbocycles. The third-order valence-electron chi connectivity index (χ3n) is 2.77. The average Bonchev–Trinajstić information content (AvgIpc) is 2.23. The topological polar surface area (TPSA) is 27.6 Å². The highest BCUT2D eigenvalue weighted by Crippen LogP contribution is 2.18. The lowest BCUT2D eigenvalue weighted by Gasteiger charge is -2.31. The van der Waals surface area contributed by atoms with Gasteiger partial charge in [0.05, 0.1) is 0 Å². The van der Waals surface area contributed by atoms with Crippen molar-refractivity contribution in [3.05, 3.63) is 12.3 Å². The van der Waals surface area contributed by atoms with Crippen LogP contribution in [0.25, 0.3) is 0 Å². The second-order valence-corrected chi connectivity index (χ2v) is 4.23.